The van der Waals surface area contributed by atoms with Crippen LogP contribution in [0.1, 0.15) is 52.0 Å². The Balaban J connectivity index is 1.82. The van der Waals surface area contributed by atoms with Gasteiger partial charge in [-0.3, -0.25) is 5.43 Å². The Morgan fingerprint density at radius 3 is 2.47 bits per heavy atom. The van der Waals surface area contributed by atoms with Gasteiger partial charge < -0.3 is 0 Å². The van der Waals surface area contributed by atoms with Gasteiger partial charge in [-0.05, 0) is 49.9 Å². The monoisotopic (exact) mass is 445 g/mol. The lowest BCUT2D eigenvalue weighted by molar-refractivity contribution is 0.491. The second kappa shape index (κ2) is 8.05. The SMILES string of the molecule is CC(C)(C)NS(=O)(=O)c1cccc(C=NNc2ncnc3sc(C(C)(C)C)cc23)c1. The van der Waals surface area contributed by atoms with E-state index in [4.69, 9.17) is 0 Å². The maximum Gasteiger partial charge on any atom is 0.241 e. The summed E-state index contributed by atoms with van der Waals surface area (Å²) in [5.74, 6) is 0.612. The molecule has 0 fully saturated rings. The van der Waals surface area contributed by atoms with Gasteiger partial charge in [0, 0.05) is 10.4 Å². The van der Waals surface area contributed by atoms with E-state index in [0.717, 1.165) is 10.2 Å². The molecule has 0 aliphatic heterocycles. The summed E-state index contributed by atoms with van der Waals surface area (Å²) in [6.45, 7) is 11.9. The van der Waals surface area contributed by atoms with Crippen molar-refractivity contribution < 1.29 is 8.42 Å². The van der Waals surface area contributed by atoms with Gasteiger partial charge in [0.25, 0.3) is 0 Å². The molecule has 30 heavy (non-hydrogen) atoms. The number of fused-ring (bicyclic) bond motifs is 1. The van der Waals surface area contributed by atoms with Crippen molar-refractivity contribution in [2.45, 2.75) is 57.4 Å². The zero-order chi connectivity index (χ0) is 22.2. The number of sulfonamides is 1. The van der Waals surface area contributed by atoms with Crippen LogP contribution in [0.25, 0.3) is 10.2 Å². The number of nitrogens with one attached hydrogen (secondary N) is 2. The average Bonchev–Trinajstić information content (AvgIpc) is 3.06. The number of hydrogen-bond acceptors (Lipinski definition) is 7. The Morgan fingerprint density at radius 1 is 1.07 bits per heavy atom. The number of nitrogens with zero attached hydrogens (tertiary/aromatic N) is 3. The summed E-state index contributed by atoms with van der Waals surface area (Å²) in [4.78, 5) is 11.0. The third-order valence-electron chi connectivity index (χ3n) is 4.06. The Labute approximate surface area is 181 Å². The standard InChI is InChI=1S/C21H27N5O2S2/c1-20(2,3)17-11-16-18(22-13-23-19(16)29-17)25-24-12-14-8-7-9-15(10-14)30(27,28)26-21(4,5)6/h7-13,26H,1-6H3,(H,22,23,25). The second-order valence-electron chi connectivity index (χ2n) is 9.10. The first-order chi connectivity index (χ1) is 13.9. The van der Waals surface area contributed by atoms with Crippen molar-refractivity contribution in [3.05, 3.63) is 47.1 Å². The highest BCUT2D eigenvalue weighted by Crippen LogP contribution is 2.35. The van der Waals surface area contributed by atoms with E-state index < -0.39 is 15.6 Å². The van der Waals surface area contributed by atoms with Crippen molar-refractivity contribution in [1.29, 1.82) is 0 Å². The van der Waals surface area contributed by atoms with Gasteiger partial charge in [-0.25, -0.2) is 23.1 Å². The molecule has 0 amide bonds. The van der Waals surface area contributed by atoms with Crippen LogP contribution in [0.4, 0.5) is 5.82 Å². The summed E-state index contributed by atoms with van der Waals surface area (Å²) in [7, 11) is -3.61. The lowest BCUT2D eigenvalue weighted by atomic mass is 9.94. The van der Waals surface area contributed by atoms with Crippen LogP contribution in [-0.2, 0) is 15.4 Å². The van der Waals surface area contributed by atoms with E-state index in [-0.39, 0.29) is 10.3 Å². The lowest BCUT2D eigenvalue weighted by Crippen LogP contribution is -2.40. The van der Waals surface area contributed by atoms with Crippen LogP contribution in [0.5, 0.6) is 0 Å². The molecule has 0 saturated heterocycles. The molecule has 0 aliphatic rings. The number of aromatic nitrogens is 2. The first kappa shape index (κ1) is 22.3. The van der Waals surface area contributed by atoms with Gasteiger partial charge in [0.2, 0.25) is 10.0 Å². The minimum absolute atomic E-state index is 0.0267. The van der Waals surface area contributed by atoms with E-state index in [0.29, 0.717) is 11.4 Å². The third-order valence-corrected chi connectivity index (χ3v) is 7.29. The highest BCUT2D eigenvalue weighted by atomic mass is 32.2. The molecule has 2 aromatic heterocycles. The zero-order valence-electron chi connectivity index (χ0n) is 18.0. The zero-order valence-corrected chi connectivity index (χ0v) is 19.6. The molecule has 0 radical (unpaired) electrons. The quantitative estimate of drug-likeness (QED) is 0.445. The molecule has 0 spiro atoms. The molecule has 3 rings (SSSR count). The molecule has 9 heteroatoms. The summed E-state index contributed by atoms with van der Waals surface area (Å²) < 4.78 is 27.7. The Morgan fingerprint density at radius 2 is 1.80 bits per heavy atom. The summed E-state index contributed by atoms with van der Waals surface area (Å²) >= 11 is 1.64. The van der Waals surface area contributed by atoms with Crippen molar-refractivity contribution in [3.63, 3.8) is 0 Å². The number of hydrazone groups is 1. The molecule has 2 N–H and O–H groups in total. The number of thiophene rings is 1. The number of rotatable bonds is 5. The lowest BCUT2D eigenvalue weighted by Gasteiger charge is -2.20. The maximum absolute atomic E-state index is 12.5. The Kier molecular flexibility index (Phi) is 5.99. The van der Waals surface area contributed by atoms with Gasteiger partial charge >= 0.3 is 0 Å². The van der Waals surface area contributed by atoms with Crippen LogP contribution in [0.2, 0.25) is 0 Å². The number of hydrogen-bond donors (Lipinski definition) is 2. The fourth-order valence-electron chi connectivity index (χ4n) is 2.71. The molecule has 2 heterocycles. The molecule has 3 aromatic rings. The third kappa shape index (κ3) is 5.41. The predicted octanol–water partition coefficient (Wildman–Crippen LogP) is 4.51. The smallest absolute Gasteiger partial charge is 0.241 e. The van der Waals surface area contributed by atoms with E-state index in [1.807, 2.05) is 0 Å². The summed E-state index contributed by atoms with van der Waals surface area (Å²) in [5, 5.41) is 5.17. The van der Waals surface area contributed by atoms with E-state index in [1.165, 1.54) is 11.2 Å². The Hall–Kier alpha value is -2.36. The average molecular weight is 446 g/mol. The van der Waals surface area contributed by atoms with Gasteiger partial charge in [-0.15, -0.1) is 11.3 Å². The van der Waals surface area contributed by atoms with Crippen LogP contribution in [0.3, 0.4) is 0 Å². The largest absolute Gasteiger partial charge is 0.261 e. The van der Waals surface area contributed by atoms with Crippen LogP contribution >= 0.6 is 11.3 Å². The predicted molar refractivity (Wildman–Crippen MR) is 124 cm³/mol. The van der Waals surface area contributed by atoms with E-state index >= 15 is 0 Å². The summed E-state index contributed by atoms with van der Waals surface area (Å²) in [5.41, 5.74) is 3.08. The van der Waals surface area contributed by atoms with E-state index in [1.54, 1.807) is 62.6 Å². The van der Waals surface area contributed by atoms with E-state index in [2.05, 4.69) is 52.1 Å². The topological polar surface area (TPSA) is 96.3 Å². The molecule has 160 valence electrons. The first-order valence-electron chi connectivity index (χ1n) is 9.53. The number of benzene rings is 1. The molecule has 0 bridgehead atoms. The minimum atomic E-state index is -3.61. The highest BCUT2D eigenvalue weighted by molar-refractivity contribution is 7.89. The second-order valence-corrected chi connectivity index (χ2v) is 11.8. The van der Waals surface area contributed by atoms with Gasteiger partial charge in [0.15, 0.2) is 5.82 Å². The van der Waals surface area contributed by atoms with Gasteiger partial charge in [-0.1, -0.05) is 32.9 Å². The van der Waals surface area contributed by atoms with E-state index in [9.17, 15) is 8.42 Å². The number of anilines is 1. The van der Waals surface area contributed by atoms with Crippen molar-refractivity contribution >= 4 is 43.6 Å². The highest BCUT2D eigenvalue weighted by Gasteiger charge is 2.22. The molecule has 0 aliphatic carbocycles. The molecule has 1 aromatic carbocycles. The first-order valence-corrected chi connectivity index (χ1v) is 11.8. The molecule has 7 nitrogen and oxygen atoms in total. The molecular weight excluding hydrogens is 418 g/mol. The van der Waals surface area contributed by atoms with Gasteiger partial charge in [-0.2, -0.15) is 5.10 Å². The van der Waals surface area contributed by atoms with Gasteiger partial charge in [0.1, 0.15) is 11.2 Å². The van der Waals surface area contributed by atoms with Gasteiger partial charge in [0.05, 0.1) is 16.5 Å². The van der Waals surface area contributed by atoms with Crippen LogP contribution in [0.15, 0.2) is 46.7 Å². The normalized spacial score (nSPS) is 13.3. The van der Waals surface area contributed by atoms with Crippen molar-refractivity contribution in [2.75, 3.05) is 5.43 Å². The maximum atomic E-state index is 12.5. The van der Waals surface area contributed by atoms with Crippen LogP contribution in [0, 0.1) is 0 Å². The molecule has 0 atom stereocenters. The van der Waals surface area contributed by atoms with Crippen LogP contribution < -0.4 is 10.1 Å². The fourth-order valence-corrected chi connectivity index (χ4v) is 5.24. The van der Waals surface area contributed by atoms with Crippen molar-refractivity contribution in [2.24, 2.45) is 5.10 Å². The molecule has 0 saturated carbocycles. The molecular formula is C21H27N5O2S2. The minimum Gasteiger partial charge on any atom is -0.261 e. The fraction of sp³-hybridized carbons (Fsp3) is 0.381. The summed E-state index contributed by atoms with van der Waals surface area (Å²) in [6, 6.07) is 8.71. The van der Waals surface area contributed by atoms with Crippen molar-refractivity contribution in [3.8, 4) is 0 Å². The molecule has 0 unspecified atom stereocenters. The Bertz CT molecular complexity index is 1190. The summed E-state index contributed by atoms with van der Waals surface area (Å²) in [6.07, 6.45) is 3.08. The van der Waals surface area contributed by atoms with Crippen molar-refractivity contribution in [1.82, 2.24) is 14.7 Å². The van der Waals surface area contributed by atoms with Crippen LogP contribution in [-0.4, -0.2) is 30.1 Å².